The van der Waals surface area contributed by atoms with Crippen molar-refractivity contribution in [1.82, 2.24) is 19.2 Å². The molecule has 134 valence electrons. The van der Waals surface area contributed by atoms with Gasteiger partial charge in [0.2, 0.25) is 5.91 Å². The minimum Gasteiger partial charge on any atom is -0.355 e. The largest absolute Gasteiger partial charge is 0.355 e. The molecular formula is C17H18N6O2S. The highest BCUT2D eigenvalue weighted by Gasteiger charge is 2.16. The van der Waals surface area contributed by atoms with Gasteiger partial charge in [0.25, 0.3) is 5.78 Å². The molecule has 1 aromatic carbocycles. The molecule has 0 saturated carbocycles. The smallest absolute Gasteiger partial charge is 0.352 e. The van der Waals surface area contributed by atoms with E-state index in [1.165, 1.54) is 4.40 Å². The fourth-order valence-electron chi connectivity index (χ4n) is 2.83. The Morgan fingerprint density at radius 2 is 1.92 bits per heavy atom. The van der Waals surface area contributed by atoms with E-state index in [1.807, 2.05) is 36.0 Å². The van der Waals surface area contributed by atoms with Crippen molar-refractivity contribution in [2.45, 2.75) is 6.54 Å². The summed E-state index contributed by atoms with van der Waals surface area (Å²) in [5.41, 5.74) is 0.300. The zero-order valence-corrected chi connectivity index (χ0v) is 14.9. The zero-order valence-electron chi connectivity index (χ0n) is 14.0. The lowest BCUT2D eigenvalue weighted by Gasteiger charge is -2.27. The number of hydrogen-bond acceptors (Lipinski definition) is 6. The number of nitrogens with one attached hydrogen (secondary N) is 1. The van der Waals surface area contributed by atoms with Gasteiger partial charge in [-0.1, -0.05) is 18.2 Å². The van der Waals surface area contributed by atoms with Crippen LogP contribution in [0.15, 0.2) is 47.4 Å². The summed E-state index contributed by atoms with van der Waals surface area (Å²) in [4.78, 5) is 31.3. The second-order valence-corrected chi connectivity index (χ2v) is 7.13. The molecule has 0 aliphatic carbocycles. The van der Waals surface area contributed by atoms with Crippen LogP contribution in [0.3, 0.4) is 0 Å². The molecule has 1 aliphatic rings. The number of rotatable bonds is 4. The lowest BCUT2D eigenvalue weighted by atomic mass is 10.3. The third-order valence-electron chi connectivity index (χ3n) is 4.13. The molecule has 1 N–H and O–H groups in total. The quantitative estimate of drug-likeness (QED) is 0.740. The zero-order chi connectivity index (χ0) is 17.9. The summed E-state index contributed by atoms with van der Waals surface area (Å²) >= 11 is 1.92. The molecule has 2 aromatic heterocycles. The Bertz CT molecular complexity index is 978. The molecule has 9 heteroatoms. The van der Waals surface area contributed by atoms with Gasteiger partial charge in [0.15, 0.2) is 0 Å². The summed E-state index contributed by atoms with van der Waals surface area (Å²) in [5, 5.41) is 6.96. The van der Waals surface area contributed by atoms with Gasteiger partial charge in [0, 0.05) is 36.5 Å². The van der Waals surface area contributed by atoms with Crippen molar-refractivity contribution in [1.29, 1.82) is 0 Å². The minimum absolute atomic E-state index is 0.160. The van der Waals surface area contributed by atoms with Crippen molar-refractivity contribution in [3.8, 4) is 0 Å². The first kappa shape index (κ1) is 16.6. The first-order valence-electron chi connectivity index (χ1n) is 8.34. The average Bonchev–Trinajstić information content (AvgIpc) is 2.98. The van der Waals surface area contributed by atoms with Gasteiger partial charge in [-0.15, -0.1) is 5.10 Å². The number of benzene rings is 1. The van der Waals surface area contributed by atoms with E-state index < -0.39 is 0 Å². The van der Waals surface area contributed by atoms with Crippen LogP contribution in [0.2, 0.25) is 0 Å². The molecule has 0 radical (unpaired) electrons. The summed E-state index contributed by atoms with van der Waals surface area (Å²) in [7, 11) is 0. The van der Waals surface area contributed by atoms with Gasteiger partial charge < -0.3 is 10.2 Å². The minimum atomic E-state index is -0.378. The van der Waals surface area contributed by atoms with Crippen LogP contribution in [0.5, 0.6) is 0 Å². The predicted molar refractivity (Wildman–Crippen MR) is 102 cm³/mol. The topological polar surface area (TPSA) is 84.5 Å². The van der Waals surface area contributed by atoms with Gasteiger partial charge in [-0.3, -0.25) is 4.79 Å². The molecule has 3 heterocycles. The van der Waals surface area contributed by atoms with E-state index in [0.29, 0.717) is 11.5 Å². The normalized spacial score (nSPS) is 14.5. The molecule has 4 rings (SSSR count). The number of thioether (sulfide) groups is 1. The number of anilines is 2. The van der Waals surface area contributed by atoms with Crippen LogP contribution in [-0.2, 0) is 11.3 Å². The van der Waals surface area contributed by atoms with E-state index in [4.69, 9.17) is 0 Å². The molecule has 0 spiro atoms. The lowest BCUT2D eigenvalue weighted by Crippen LogP contribution is -2.33. The Morgan fingerprint density at radius 3 is 2.69 bits per heavy atom. The Labute approximate surface area is 153 Å². The molecular weight excluding hydrogens is 352 g/mol. The summed E-state index contributed by atoms with van der Waals surface area (Å²) in [6, 6.07) is 10.9. The van der Waals surface area contributed by atoms with Crippen LogP contribution in [0.1, 0.15) is 0 Å². The second-order valence-electron chi connectivity index (χ2n) is 5.91. The van der Waals surface area contributed by atoms with Crippen LogP contribution in [0.4, 0.5) is 11.5 Å². The number of aromatic nitrogens is 4. The maximum absolute atomic E-state index is 12.4. The molecule has 1 amide bonds. The number of nitrogens with zero attached hydrogens (tertiary/aromatic N) is 5. The van der Waals surface area contributed by atoms with Crippen molar-refractivity contribution < 1.29 is 4.79 Å². The van der Waals surface area contributed by atoms with Gasteiger partial charge in [-0.25, -0.2) is 13.9 Å². The molecule has 1 aliphatic heterocycles. The summed E-state index contributed by atoms with van der Waals surface area (Å²) in [5.74, 6) is 2.93. The molecule has 0 unspecified atom stereocenters. The SMILES string of the molecule is O=C(Cn1nc2nc(N3CCSCC3)ccn2c1=O)Nc1ccccc1. The summed E-state index contributed by atoms with van der Waals surface area (Å²) < 4.78 is 2.49. The summed E-state index contributed by atoms with van der Waals surface area (Å²) in [6.07, 6.45) is 1.67. The monoisotopic (exact) mass is 370 g/mol. The van der Waals surface area contributed by atoms with E-state index >= 15 is 0 Å². The molecule has 1 fully saturated rings. The number of amides is 1. The third kappa shape index (κ3) is 3.43. The van der Waals surface area contributed by atoms with E-state index in [9.17, 15) is 9.59 Å². The van der Waals surface area contributed by atoms with Crippen molar-refractivity contribution in [2.24, 2.45) is 0 Å². The highest BCUT2D eigenvalue weighted by molar-refractivity contribution is 7.99. The molecule has 1 saturated heterocycles. The number of hydrogen-bond donors (Lipinski definition) is 1. The van der Waals surface area contributed by atoms with Gasteiger partial charge in [0.05, 0.1) is 0 Å². The molecule has 0 atom stereocenters. The Kier molecular flexibility index (Phi) is 4.61. The number of fused-ring (bicyclic) bond motifs is 1. The first-order chi connectivity index (χ1) is 12.7. The van der Waals surface area contributed by atoms with E-state index in [0.717, 1.165) is 35.1 Å². The van der Waals surface area contributed by atoms with Gasteiger partial charge in [-0.2, -0.15) is 16.7 Å². The lowest BCUT2D eigenvalue weighted by molar-refractivity contribution is -0.117. The second kappa shape index (κ2) is 7.20. The van der Waals surface area contributed by atoms with E-state index in [-0.39, 0.29) is 18.1 Å². The van der Waals surface area contributed by atoms with Crippen LogP contribution in [0, 0.1) is 0 Å². The molecule has 26 heavy (non-hydrogen) atoms. The molecule has 3 aromatic rings. The van der Waals surface area contributed by atoms with Crippen molar-refractivity contribution in [2.75, 3.05) is 34.8 Å². The van der Waals surface area contributed by atoms with Crippen molar-refractivity contribution >= 4 is 35.0 Å². The molecule has 8 nitrogen and oxygen atoms in total. The van der Waals surface area contributed by atoms with Crippen molar-refractivity contribution in [3.05, 3.63) is 53.1 Å². The van der Waals surface area contributed by atoms with E-state index in [1.54, 1.807) is 18.3 Å². The summed E-state index contributed by atoms with van der Waals surface area (Å²) in [6.45, 7) is 1.70. The average molecular weight is 370 g/mol. The number of carbonyl (C=O) groups is 1. The van der Waals surface area contributed by atoms with Crippen molar-refractivity contribution in [3.63, 3.8) is 0 Å². The fraction of sp³-hybridized carbons (Fsp3) is 0.294. The highest BCUT2D eigenvalue weighted by atomic mass is 32.2. The number of carbonyl (C=O) groups excluding carboxylic acids is 1. The number of para-hydroxylation sites is 1. The highest BCUT2D eigenvalue weighted by Crippen LogP contribution is 2.17. The van der Waals surface area contributed by atoms with Gasteiger partial charge in [-0.05, 0) is 18.2 Å². The fourth-order valence-corrected chi connectivity index (χ4v) is 3.73. The van der Waals surface area contributed by atoms with Crippen LogP contribution in [-0.4, -0.2) is 49.7 Å². The Morgan fingerprint density at radius 1 is 1.15 bits per heavy atom. The van der Waals surface area contributed by atoms with Crippen LogP contribution < -0.4 is 15.9 Å². The maximum atomic E-state index is 12.4. The third-order valence-corrected chi connectivity index (χ3v) is 5.07. The predicted octanol–water partition coefficient (Wildman–Crippen LogP) is 1.08. The Balaban J connectivity index is 1.55. The maximum Gasteiger partial charge on any atom is 0.352 e. The van der Waals surface area contributed by atoms with Gasteiger partial charge in [0.1, 0.15) is 12.4 Å². The standard InChI is InChI=1S/C17H18N6O2S/c24-15(18-13-4-2-1-3-5-13)12-23-17(25)22-7-6-14(19-16(22)20-23)21-8-10-26-11-9-21/h1-7H,8-12H2,(H,18,24). The van der Waals surface area contributed by atoms with Gasteiger partial charge >= 0.3 is 5.69 Å². The molecule has 0 bridgehead atoms. The van der Waals surface area contributed by atoms with E-state index in [2.05, 4.69) is 20.3 Å². The van der Waals surface area contributed by atoms with Crippen LogP contribution in [0.25, 0.3) is 5.78 Å². The van der Waals surface area contributed by atoms with Crippen LogP contribution >= 0.6 is 11.8 Å². The Hall–Kier alpha value is -2.81. The first-order valence-corrected chi connectivity index (χ1v) is 9.50.